The highest BCUT2D eigenvalue weighted by Crippen LogP contribution is 2.22. The van der Waals surface area contributed by atoms with Gasteiger partial charge in [0.15, 0.2) is 0 Å². The van der Waals surface area contributed by atoms with Crippen molar-refractivity contribution in [2.45, 2.75) is 38.1 Å². The van der Waals surface area contributed by atoms with Crippen LogP contribution in [0.1, 0.15) is 32.1 Å². The van der Waals surface area contributed by atoms with Crippen LogP contribution in [-0.2, 0) is 4.79 Å². The molecule has 2 N–H and O–H groups in total. The Labute approximate surface area is 131 Å². The van der Waals surface area contributed by atoms with E-state index in [1.165, 1.54) is 19.3 Å². The van der Waals surface area contributed by atoms with E-state index in [4.69, 9.17) is 11.6 Å². The highest BCUT2D eigenvalue weighted by Gasteiger charge is 2.22. The van der Waals surface area contributed by atoms with Gasteiger partial charge in [-0.05, 0) is 37.1 Å². The van der Waals surface area contributed by atoms with E-state index in [1.807, 2.05) is 0 Å². The average molecular weight is 311 g/mol. The summed E-state index contributed by atoms with van der Waals surface area (Å²) in [5, 5.41) is 12.7. The monoisotopic (exact) mass is 310 g/mol. The summed E-state index contributed by atoms with van der Waals surface area (Å²) in [4.78, 5) is 14.3. The first-order valence-electron chi connectivity index (χ1n) is 7.59. The van der Waals surface area contributed by atoms with Gasteiger partial charge in [0.25, 0.3) is 0 Å². The van der Waals surface area contributed by atoms with Gasteiger partial charge in [-0.1, -0.05) is 30.9 Å². The maximum Gasteiger partial charge on any atom is 0.238 e. The Morgan fingerprint density at radius 3 is 2.52 bits per heavy atom. The van der Waals surface area contributed by atoms with Crippen LogP contribution in [0, 0.1) is 0 Å². The lowest BCUT2D eigenvalue weighted by Gasteiger charge is -2.33. The number of hydrogen-bond acceptors (Lipinski definition) is 3. The van der Waals surface area contributed by atoms with Crippen molar-refractivity contribution < 1.29 is 9.90 Å². The zero-order valence-electron chi connectivity index (χ0n) is 12.2. The van der Waals surface area contributed by atoms with E-state index in [-0.39, 0.29) is 12.5 Å². The first kappa shape index (κ1) is 16.3. The second-order valence-electron chi connectivity index (χ2n) is 5.54. The number of nitrogens with zero attached hydrogens (tertiary/aromatic N) is 1. The first-order chi connectivity index (χ1) is 10.2. The number of carbonyl (C=O) groups excluding carboxylic acids is 1. The van der Waals surface area contributed by atoms with Gasteiger partial charge in [-0.3, -0.25) is 9.69 Å². The second-order valence-corrected chi connectivity index (χ2v) is 5.98. The quantitative estimate of drug-likeness (QED) is 0.849. The van der Waals surface area contributed by atoms with Gasteiger partial charge >= 0.3 is 0 Å². The van der Waals surface area contributed by atoms with E-state index < -0.39 is 0 Å². The van der Waals surface area contributed by atoms with Crippen LogP contribution in [0.15, 0.2) is 24.3 Å². The van der Waals surface area contributed by atoms with E-state index in [0.29, 0.717) is 24.2 Å². The molecule has 1 amide bonds. The Morgan fingerprint density at radius 2 is 1.90 bits per heavy atom. The lowest BCUT2D eigenvalue weighted by molar-refractivity contribution is -0.118. The van der Waals surface area contributed by atoms with Crippen LogP contribution in [0.25, 0.3) is 0 Å². The Bertz CT molecular complexity index is 444. The number of aliphatic hydroxyl groups is 1. The molecule has 0 spiro atoms. The number of hydrogen-bond donors (Lipinski definition) is 2. The molecule has 21 heavy (non-hydrogen) atoms. The zero-order chi connectivity index (χ0) is 15.1. The van der Waals surface area contributed by atoms with Crippen LogP contribution in [0.2, 0.25) is 5.02 Å². The molecule has 4 nitrogen and oxygen atoms in total. The molecule has 0 aliphatic heterocycles. The third-order valence-electron chi connectivity index (χ3n) is 3.95. The average Bonchev–Trinajstić information content (AvgIpc) is 2.50. The Morgan fingerprint density at radius 1 is 1.24 bits per heavy atom. The highest BCUT2D eigenvalue weighted by atomic mass is 35.5. The van der Waals surface area contributed by atoms with Crippen molar-refractivity contribution in [1.82, 2.24) is 4.90 Å². The molecule has 0 atom stereocenters. The minimum Gasteiger partial charge on any atom is -0.395 e. The summed E-state index contributed by atoms with van der Waals surface area (Å²) >= 11 is 5.83. The summed E-state index contributed by atoms with van der Waals surface area (Å²) in [6.07, 6.45) is 5.94. The Balaban J connectivity index is 1.89. The molecule has 1 aliphatic rings. The smallest absolute Gasteiger partial charge is 0.238 e. The van der Waals surface area contributed by atoms with Crippen LogP contribution in [0.3, 0.4) is 0 Å². The highest BCUT2D eigenvalue weighted by molar-refractivity contribution is 6.30. The summed E-state index contributed by atoms with van der Waals surface area (Å²) in [5.74, 6) is -0.0451. The molecule has 0 aromatic heterocycles. The third-order valence-corrected chi connectivity index (χ3v) is 4.20. The van der Waals surface area contributed by atoms with E-state index in [1.54, 1.807) is 24.3 Å². The van der Waals surface area contributed by atoms with E-state index >= 15 is 0 Å². The Kier molecular flexibility index (Phi) is 6.49. The number of benzene rings is 1. The normalized spacial score (nSPS) is 16.1. The lowest BCUT2D eigenvalue weighted by atomic mass is 9.94. The molecule has 0 radical (unpaired) electrons. The number of aliphatic hydroxyl groups excluding tert-OH is 1. The van der Waals surface area contributed by atoms with Crippen LogP contribution >= 0.6 is 11.6 Å². The maximum atomic E-state index is 12.2. The number of amides is 1. The van der Waals surface area contributed by atoms with E-state index in [2.05, 4.69) is 10.2 Å². The predicted octanol–water partition coefficient (Wildman–Crippen LogP) is 2.91. The van der Waals surface area contributed by atoms with Gasteiger partial charge in [0, 0.05) is 23.3 Å². The summed E-state index contributed by atoms with van der Waals surface area (Å²) in [5.41, 5.74) is 0.747. The third kappa shape index (κ3) is 5.30. The molecule has 0 bridgehead atoms. The molecule has 5 heteroatoms. The minimum absolute atomic E-state index is 0.0451. The van der Waals surface area contributed by atoms with Crippen LogP contribution in [-0.4, -0.2) is 41.7 Å². The number of carbonyl (C=O) groups is 1. The van der Waals surface area contributed by atoms with Gasteiger partial charge < -0.3 is 10.4 Å². The van der Waals surface area contributed by atoms with Crippen molar-refractivity contribution in [2.24, 2.45) is 0 Å². The molecule has 2 rings (SSSR count). The predicted molar refractivity (Wildman–Crippen MR) is 85.6 cm³/mol. The zero-order valence-corrected chi connectivity index (χ0v) is 13.0. The van der Waals surface area contributed by atoms with Gasteiger partial charge in [-0.15, -0.1) is 0 Å². The first-order valence-corrected chi connectivity index (χ1v) is 7.97. The number of halogens is 1. The summed E-state index contributed by atoms with van der Waals surface area (Å²) < 4.78 is 0. The van der Waals surface area contributed by atoms with E-state index in [0.717, 1.165) is 18.5 Å². The fourth-order valence-electron chi connectivity index (χ4n) is 2.88. The molecule has 0 unspecified atom stereocenters. The van der Waals surface area contributed by atoms with Crippen LogP contribution < -0.4 is 5.32 Å². The Hall–Kier alpha value is -1.10. The SMILES string of the molecule is O=C(CN(CCO)C1CCCCC1)Nc1ccc(Cl)cc1. The molecule has 1 aromatic carbocycles. The van der Waals surface area contributed by atoms with Gasteiger partial charge in [0.05, 0.1) is 13.2 Å². The van der Waals surface area contributed by atoms with Gasteiger partial charge in [0.2, 0.25) is 5.91 Å². The molecule has 1 fully saturated rings. The van der Waals surface area contributed by atoms with Gasteiger partial charge in [-0.25, -0.2) is 0 Å². The van der Waals surface area contributed by atoms with Crippen molar-refractivity contribution >= 4 is 23.2 Å². The molecule has 116 valence electrons. The van der Waals surface area contributed by atoms with Crippen LogP contribution in [0.4, 0.5) is 5.69 Å². The number of nitrogens with one attached hydrogen (secondary N) is 1. The standard InChI is InChI=1S/C16H23ClN2O2/c17-13-6-8-14(9-7-13)18-16(21)12-19(10-11-20)15-4-2-1-3-5-15/h6-9,15,20H,1-5,10-12H2,(H,18,21). The van der Waals surface area contributed by atoms with Crippen molar-refractivity contribution in [1.29, 1.82) is 0 Å². The van der Waals surface area contributed by atoms with E-state index in [9.17, 15) is 9.90 Å². The molecule has 0 heterocycles. The van der Waals surface area contributed by atoms with Crippen molar-refractivity contribution in [3.63, 3.8) is 0 Å². The molecule has 0 saturated heterocycles. The number of anilines is 1. The summed E-state index contributed by atoms with van der Waals surface area (Å²) in [6, 6.07) is 7.50. The van der Waals surface area contributed by atoms with Crippen LogP contribution in [0.5, 0.6) is 0 Å². The van der Waals surface area contributed by atoms with Crippen molar-refractivity contribution in [2.75, 3.05) is 25.0 Å². The minimum atomic E-state index is -0.0451. The molecule has 1 aliphatic carbocycles. The van der Waals surface area contributed by atoms with Crippen molar-refractivity contribution in [3.05, 3.63) is 29.3 Å². The fraction of sp³-hybridized carbons (Fsp3) is 0.562. The summed E-state index contributed by atoms with van der Waals surface area (Å²) in [6.45, 7) is 0.970. The second kappa shape index (κ2) is 8.37. The fourth-order valence-corrected chi connectivity index (χ4v) is 3.01. The van der Waals surface area contributed by atoms with Gasteiger partial charge in [0.1, 0.15) is 0 Å². The topological polar surface area (TPSA) is 52.6 Å². The summed E-state index contributed by atoms with van der Waals surface area (Å²) in [7, 11) is 0. The maximum absolute atomic E-state index is 12.2. The lowest BCUT2D eigenvalue weighted by Crippen LogP contribution is -2.43. The molecule has 1 aromatic rings. The molecular weight excluding hydrogens is 288 g/mol. The van der Waals surface area contributed by atoms with Gasteiger partial charge in [-0.2, -0.15) is 0 Å². The molecule has 1 saturated carbocycles. The number of rotatable bonds is 6. The van der Waals surface area contributed by atoms with Crippen molar-refractivity contribution in [3.8, 4) is 0 Å². The largest absolute Gasteiger partial charge is 0.395 e. The molecular formula is C16H23ClN2O2.